The molecule has 32 heavy (non-hydrogen) atoms. The van der Waals surface area contributed by atoms with Gasteiger partial charge in [-0.1, -0.05) is 12.1 Å². The molecule has 1 N–H and O–H groups in total. The van der Waals surface area contributed by atoms with Crippen LogP contribution in [0.3, 0.4) is 0 Å². The first kappa shape index (κ1) is 23.9. The molecule has 1 unspecified atom stereocenters. The molecule has 0 saturated carbocycles. The van der Waals surface area contributed by atoms with Crippen LogP contribution in [0, 0.1) is 0 Å². The van der Waals surface area contributed by atoms with Crippen LogP contribution >= 0.6 is 0 Å². The molecule has 0 amide bonds. The number of anilines is 1. The fourth-order valence-corrected chi connectivity index (χ4v) is 3.74. The van der Waals surface area contributed by atoms with Crippen LogP contribution in [0.1, 0.15) is 11.1 Å². The highest BCUT2D eigenvalue weighted by Gasteiger charge is 2.31. The van der Waals surface area contributed by atoms with E-state index >= 15 is 0 Å². The van der Waals surface area contributed by atoms with Gasteiger partial charge in [-0.05, 0) is 42.8 Å². The van der Waals surface area contributed by atoms with Crippen LogP contribution < -0.4 is 14.4 Å². The normalized spacial score (nSPS) is 16.0. The first-order valence-corrected chi connectivity index (χ1v) is 10.5. The number of aliphatic hydroxyl groups excluding tert-OH is 1. The van der Waals surface area contributed by atoms with Crippen LogP contribution in [0.25, 0.3) is 0 Å². The minimum atomic E-state index is -4.35. The fourth-order valence-electron chi connectivity index (χ4n) is 3.74. The summed E-state index contributed by atoms with van der Waals surface area (Å²) >= 11 is 0. The van der Waals surface area contributed by atoms with Crippen molar-refractivity contribution in [2.75, 3.05) is 51.3 Å². The number of halogens is 3. The van der Waals surface area contributed by atoms with Crippen LogP contribution in [-0.2, 0) is 12.6 Å². The van der Waals surface area contributed by atoms with Crippen molar-refractivity contribution in [2.45, 2.75) is 18.7 Å². The minimum absolute atomic E-state index is 0.143. The van der Waals surface area contributed by atoms with Gasteiger partial charge in [-0.2, -0.15) is 13.2 Å². The lowest BCUT2D eigenvalue weighted by Gasteiger charge is -2.37. The summed E-state index contributed by atoms with van der Waals surface area (Å²) in [6.45, 7) is 6.82. The molecule has 1 aliphatic heterocycles. The van der Waals surface area contributed by atoms with E-state index in [9.17, 15) is 18.3 Å². The van der Waals surface area contributed by atoms with Gasteiger partial charge in [0, 0.05) is 44.0 Å². The van der Waals surface area contributed by atoms with Gasteiger partial charge >= 0.3 is 6.18 Å². The SMILES string of the molecule is C=CCc1cc(OC)ccc1OCC(O)CN1CCN(c2cccc(C(F)(F)F)c2)CC1. The molecule has 8 heteroatoms. The zero-order valence-corrected chi connectivity index (χ0v) is 18.1. The second kappa shape index (κ2) is 10.7. The Morgan fingerprint density at radius 1 is 1.12 bits per heavy atom. The van der Waals surface area contributed by atoms with E-state index < -0.39 is 17.8 Å². The van der Waals surface area contributed by atoms with Crippen LogP contribution in [0.4, 0.5) is 18.9 Å². The number of benzene rings is 2. The molecule has 0 aliphatic carbocycles. The number of ether oxygens (including phenoxy) is 2. The lowest BCUT2D eigenvalue weighted by molar-refractivity contribution is -0.137. The second-order valence-electron chi connectivity index (χ2n) is 7.77. The van der Waals surface area contributed by atoms with Crippen molar-refractivity contribution in [2.24, 2.45) is 0 Å². The van der Waals surface area contributed by atoms with Gasteiger partial charge in [-0.25, -0.2) is 0 Å². The molecule has 1 atom stereocenters. The maximum atomic E-state index is 13.0. The molecule has 1 saturated heterocycles. The Balaban J connectivity index is 1.49. The highest BCUT2D eigenvalue weighted by molar-refractivity contribution is 5.49. The lowest BCUT2D eigenvalue weighted by Crippen LogP contribution is -2.49. The molecule has 0 radical (unpaired) electrons. The first-order chi connectivity index (χ1) is 15.3. The third kappa shape index (κ3) is 6.40. The molecule has 0 bridgehead atoms. The predicted molar refractivity (Wildman–Crippen MR) is 118 cm³/mol. The number of aliphatic hydroxyl groups is 1. The van der Waals surface area contributed by atoms with Crippen LogP contribution in [0.15, 0.2) is 55.1 Å². The molecule has 174 valence electrons. The summed E-state index contributed by atoms with van der Waals surface area (Å²) in [5.74, 6) is 1.41. The number of rotatable bonds is 9. The maximum absolute atomic E-state index is 13.0. The van der Waals surface area contributed by atoms with Crippen molar-refractivity contribution in [3.8, 4) is 11.5 Å². The average molecular weight is 451 g/mol. The van der Waals surface area contributed by atoms with Crippen molar-refractivity contribution >= 4 is 5.69 Å². The standard InChI is InChI=1S/C24H29F3N2O3/c1-3-5-18-14-22(31-2)8-9-23(18)32-17-21(30)16-28-10-12-29(13-11-28)20-7-4-6-19(15-20)24(25,26)27/h3-4,6-9,14-15,21,30H,1,5,10-13,16-17H2,2H3. The Morgan fingerprint density at radius 2 is 1.88 bits per heavy atom. The predicted octanol–water partition coefficient (Wildman–Crippen LogP) is 4.00. The molecular formula is C24H29F3N2O3. The van der Waals surface area contributed by atoms with Gasteiger partial charge in [0.25, 0.3) is 0 Å². The van der Waals surface area contributed by atoms with Crippen molar-refractivity contribution in [1.29, 1.82) is 0 Å². The molecule has 3 rings (SSSR count). The number of β-amino-alcohol motifs (C(OH)–C–C–N with tert-alkyl or cyclic N) is 1. The molecular weight excluding hydrogens is 421 g/mol. The first-order valence-electron chi connectivity index (χ1n) is 10.5. The largest absolute Gasteiger partial charge is 0.497 e. The van der Waals surface area contributed by atoms with Gasteiger partial charge in [0.1, 0.15) is 24.2 Å². The number of hydrogen-bond donors (Lipinski definition) is 1. The van der Waals surface area contributed by atoms with Gasteiger partial charge < -0.3 is 19.5 Å². The summed E-state index contributed by atoms with van der Waals surface area (Å²) in [6, 6.07) is 10.9. The smallest absolute Gasteiger partial charge is 0.416 e. The molecule has 1 heterocycles. The summed E-state index contributed by atoms with van der Waals surface area (Å²) in [7, 11) is 1.60. The minimum Gasteiger partial charge on any atom is -0.497 e. The van der Waals surface area contributed by atoms with Gasteiger partial charge in [-0.3, -0.25) is 4.90 Å². The molecule has 0 aromatic heterocycles. The Kier molecular flexibility index (Phi) is 8.04. The molecule has 1 aliphatic rings. The number of allylic oxidation sites excluding steroid dienone is 1. The van der Waals surface area contributed by atoms with E-state index in [2.05, 4.69) is 11.5 Å². The van der Waals surface area contributed by atoms with Crippen molar-refractivity contribution in [3.05, 3.63) is 66.2 Å². The lowest BCUT2D eigenvalue weighted by atomic mass is 10.1. The Hall–Kier alpha value is -2.71. The van der Waals surface area contributed by atoms with Crippen LogP contribution in [-0.4, -0.2) is 62.6 Å². The third-order valence-electron chi connectivity index (χ3n) is 5.44. The third-order valence-corrected chi connectivity index (χ3v) is 5.44. The Labute approximate surface area is 186 Å². The highest BCUT2D eigenvalue weighted by atomic mass is 19.4. The van der Waals surface area contributed by atoms with Crippen molar-refractivity contribution < 1.29 is 27.8 Å². The fraction of sp³-hybridized carbons (Fsp3) is 0.417. The van der Waals surface area contributed by atoms with Gasteiger partial charge in [0.2, 0.25) is 0 Å². The number of hydrogen-bond acceptors (Lipinski definition) is 5. The highest BCUT2D eigenvalue weighted by Crippen LogP contribution is 2.32. The molecule has 1 fully saturated rings. The summed E-state index contributed by atoms with van der Waals surface area (Å²) in [5.41, 5.74) is 0.859. The van der Waals surface area contributed by atoms with E-state index in [0.29, 0.717) is 50.6 Å². The van der Waals surface area contributed by atoms with Gasteiger partial charge in [0.15, 0.2) is 0 Å². The van der Waals surface area contributed by atoms with Crippen LogP contribution in [0.5, 0.6) is 11.5 Å². The summed E-state index contributed by atoms with van der Waals surface area (Å²) in [6.07, 6.45) is -2.63. The van der Waals surface area contributed by atoms with E-state index in [1.54, 1.807) is 25.3 Å². The van der Waals surface area contributed by atoms with E-state index in [1.165, 1.54) is 12.1 Å². The average Bonchev–Trinajstić information content (AvgIpc) is 2.78. The molecule has 2 aromatic rings. The monoisotopic (exact) mass is 450 g/mol. The zero-order chi connectivity index (χ0) is 23.1. The molecule has 2 aromatic carbocycles. The van der Waals surface area contributed by atoms with E-state index in [1.807, 2.05) is 17.0 Å². The maximum Gasteiger partial charge on any atom is 0.416 e. The van der Waals surface area contributed by atoms with Crippen LogP contribution in [0.2, 0.25) is 0 Å². The number of alkyl halides is 3. The number of nitrogens with zero attached hydrogens (tertiary/aromatic N) is 2. The zero-order valence-electron chi connectivity index (χ0n) is 18.1. The number of piperazine rings is 1. The van der Waals surface area contributed by atoms with E-state index in [0.717, 1.165) is 17.4 Å². The van der Waals surface area contributed by atoms with Gasteiger partial charge in [0.05, 0.1) is 12.7 Å². The Bertz CT molecular complexity index is 896. The van der Waals surface area contributed by atoms with Gasteiger partial charge in [-0.15, -0.1) is 6.58 Å². The van der Waals surface area contributed by atoms with Crippen molar-refractivity contribution in [1.82, 2.24) is 4.90 Å². The van der Waals surface area contributed by atoms with Crippen molar-refractivity contribution in [3.63, 3.8) is 0 Å². The topological polar surface area (TPSA) is 45.2 Å². The number of methoxy groups -OCH3 is 1. The Morgan fingerprint density at radius 3 is 2.53 bits per heavy atom. The van der Waals surface area contributed by atoms with E-state index in [-0.39, 0.29) is 6.61 Å². The molecule has 0 spiro atoms. The summed E-state index contributed by atoms with van der Waals surface area (Å²) in [5, 5.41) is 10.4. The summed E-state index contributed by atoms with van der Waals surface area (Å²) in [4.78, 5) is 4.03. The quantitative estimate of drug-likeness (QED) is 0.585. The summed E-state index contributed by atoms with van der Waals surface area (Å²) < 4.78 is 50.0. The second-order valence-corrected chi connectivity index (χ2v) is 7.77. The molecule has 5 nitrogen and oxygen atoms in total. The van der Waals surface area contributed by atoms with E-state index in [4.69, 9.17) is 9.47 Å².